The van der Waals surface area contributed by atoms with E-state index in [4.69, 9.17) is 5.11 Å². The Balaban J connectivity index is 2.38. The summed E-state index contributed by atoms with van der Waals surface area (Å²) in [6, 6.07) is 3.95. The number of fused-ring (bicyclic) bond motifs is 1. The summed E-state index contributed by atoms with van der Waals surface area (Å²) in [4.78, 5) is 10.6. The van der Waals surface area contributed by atoms with E-state index in [2.05, 4.69) is 0 Å². The van der Waals surface area contributed by atoms with Gasteiger partial charge in [-0.2, -0.15) is 21.6 Å². The van der Waals surface area contributed by atoms with Crippen LogP contribution in [0.15, 0.2) is 18.2 Å². The van der Waals surface area contributed by atoms with E-state index in [9.17, 15) is 26.4 Å². The predicted octanol–water partition coefficient (Wildman–Crippen LogP) is 1.53. The summed E-state index contributed by atoms with van der Waals surface area (Å²) in [5, 5.41) is 8.65. The van der Waals surface area contributed by atoms with Gasteiger partial charge in [0.1, 0.15) is 0 Å². The third-order valence-corrected chi connectivity index (χ3v) is 4.48. The number of alkyl halides is 3. The second-order valence-electron chi connectivity index (χ2n) is 4.31. The molecule has 0 spiro atoms. The molecule has 2 rings (SSSR count). The number of carboxylic acid groups (broad SMARTS) is 1. The highest BCUT2D eigenvalue weighted by molar-refractivity contribution is 7.93. The highest BCUT2D eigenvalue weighted by atomic mass is 32.2. The molecule has 0 fully saturated rings. The maximum atomic E-state index is 12.5. The highest BCUT2D eigenvalue weighted by Gasteiger charge is 2.51. The Morgan fingerprint density at radius 3 is 2.55 bits per heavy atom. The lowest BCUT2D eigenvalue weighted by molar-refractivity contribution is -0.136. The van der Waals surface area contributed by atoms with Gasteiger partial charge in [0.2, 0.25) is 0 Å². The van der Waals surface area contributed by atoms with Crippen molar-refractivity contribution in [2.45, 2.75) is 18.3 Å². The van der Waals surface area contributed by atoms with Crippen LogP contribution in [0.1, 0.15) is 11.1 Å². The molecule has 0 unspecified atom stereocenters. The van der Waals surface area contributed by atoms with Crippen molar-refractivity contribution >= 4 is 21.7 Å². The van der Waals surface area contributed by atoms with Gasteiger partial charge in [-0.3, -0.25) is 9.10 Å². The van der Waals surface area contributed by atoms with Crippen molar-refractivity contribution in [3.63, 3.8) is 0 Å². The number of sulfonamides is 1. The van der Waals surface area contributed by atoms with E-state index < -0.39 is 21.5 Å². The molecule has 0 aromatic heterocycles. The Labute approximate surface area is 112 Å². The zero-order chi connectivity index (χ0) is 15.1. The van der Waals surface area contributed by atoms with Crippen LogP contribution in [0.3, 0.4) is 0 Å². The van der Waals surface area contributed by atoms with Crippen molar-refractivity contribution in [3.8, 4) is 0 Å². The molecule has 5 nitrogen and oxygen atoms in total. The van der Waals surface area contributed by atoms with Gasteiger partial charge in [-0.1, -0.05) is 12.1 Å². The molecule has 1 aromatic carbocycles. The van der Waals surface area contributed by atoms with Crippen molar-refractivity contribution in [3.05, 3.63) is 29.3 Å². The molecule has 0 bridgehead atoms. The van der Waals surface area contributed by atoms with Gasteiger partial charge in [-0.25, -0.2) is 0 Å². The summed E-state index contributed by atoms with van der Waals surface area (Å²) >= 11 is 0. The first-order chi connectivity index (χ1) is 9.13. The number of nitrogens with zero attached hydrogens (tertiary/aromatic N) is 1. The highest BCUT2D eigenvalue weighted by Crippen LogP contribution is 2.37. The largest absolute Gasteiger partial charge is 0.516 e. The fourth-order valence-electron chi connectivity index (χ4n) is 2.08. The zero-order valence-electron chi connectivity index (χ0n) is 10.0. The Bertz CT molecular complexity index is 654. The minimum atomic E-state index is -5.41. The maximum Gasteiger partial charge on any atom is 0.516 e. The first-order valence-corrected chi connectivity index (χ1v) is 6.99. The molecule has 0 saturated carbocycles. The van der Waals surface area contributed by atoms with Gasteiger partial charge in [0, 0.05) is 6.54 Å². The van der Waals surface area contributed by atoms with Gasteiger partial charge in [0.25, 0.3) is 0 Å². The lowest BCUT2D eigenvalue weighted by Crippen LogP contribution is -2.39. The minimum absolute atomic E-state index is 0.0449. The summed E-state index contributed by atoms with van der Waals surface area (Å²) in [6.45, 7) is -0.298. The van der Waals surface area contributed by atoms with E-state index in [1.807, 2.05) is 0 Å². The molecular weight excluding hydrogens is 299 g/mol. The molecule has 1 heterocycles. The van der Waals surface area contributed by atoms with E-state index in [1.54, 1.807) is 0 Å². The molecule has 9 heteroatoms. The van der Waals surface area contributed by atoms with Crippen LogP contribution in [-0.2, 0) is 27.7 Å². The van der Waals surface area contributed by atoms with Crippen molar-refractivity contribution in [1.82, 2.24) is 0 Å². The maximum absolute atomic E-state index is 12.5. The molecule has 1 aromatic rings. The molecular formula is C11H10F3NO4S. The number of rotatable bonds is 3. The summed E-state index contributed by atoms with van der Waals surface area (Å²) in [7, 11) is -5.41. The first-order valence-electron chi connectivity index (χ1n) is 5.55. The minimum Gasteiger partial charge on any atom is -0.481 e. The fraction of sp³-hybridized carbons (Fsp3) is 0.364. The molecule has 1 aliphatic rings. The number of hydrogen-bond acceptors (Lipinski definition) is 3. The van der Waals surface area contributed by atoms with E-state index in [1.165, 1.54) is 18.2 Å². The molecule has 0 aliphatic carbocycles. The molecule has 0 radical (unpaired) electrons. The average Bonchev–Trinajstić information content (AvgIpc) is 2.69. The van der Waals surface area contributed by atoms with Crippen LogP contribution in [-0.4, -0.2) is 31.5 Å². The van der Waals surface area contributed by atoms with E-state index in [-0.39, 0.29) is 25.1 Å². The fourth-order valence-corrected chi connectivity index (χ4v) is 3.10. The van der Waals surface area contributed by atoms with Gasteiger partial charge >= 0.3 is 21.5 Å². The Morgan fingerprint density at radius 1 is 1.35 bits per heavy atom. The topological polar surface area (TPSA) is 74.7 Å². The standard InChI is InChI=1S/C11H10F3NO4S/c12-11(13,14)20(18,19)15-4-3-8-5-7(6-10(16)17)1-2-9(8)15/h1-2,5H,3-4,6H2,(H,16,17). The Hall–Kier alpha value is -1.77. The second kappa shape index (κ2) is 4.65. The van der Waals surface area contributed by atoms with Gasteiger partial charge in [-0.15, -0.1) is 0 Å². The van der Waals surface area contributed by atoms with Gasteiger partial charge in [0.15, 0.2) is 0 Å². The van der Waals surface area contributed by atoms with E-state index in [0.717, 1.165) is 0 Å². The van der Waals surface area contributed by atoms with E-state index >= 15 is 0 Å². The van der Waals surface area contributed by atoms with Crippen LogP contribution in [0.2, 0.25) is 0 Å². The lowest BCUT2D eigenvalue weighted by Gasteiger charge is -2.20. The molecule has 0 atom stereocenters. The summed E-state index contributed by atoms with van der Waals surface area (Å²) in [5.74, 6) is -1.07. The first kappa shape index (κ1) is 14.6. The van der Waals surface area contributed by atoms with Crippen molar-refractivity contribution in [2.75, 3.05) is 10.8 Å². The number of halogens is 3. The third kappa shape index (κ3) is 2.45. The normalized spacial score (nSPS) is 15.2. The van der Waals surface area contributed by atoms with Gasteiger partial charge in [-0.05, 0) is 23.6 Å². The van der Waals surface area contributed by atoms with Crippen molar-refractivity contribution in [2.24, 2.45) is 0 Å². The molecule has 1 N–H and O–H groups in total. The van der Waals surface area contributed by atoms with Crippen LogP contribution < -0.4 is 4.31 Å². The van der Waals surface area contributed by atoms with Crippen molar-refractivity contribution < 1.29 is 31.5 Å². The molecule has 0 amide bonds. The smallest absolute Gasteiger partial charge is 0.481 e. The van der Waals surface area contributed by atoms with Crippen LogP contribution in [0.5, 0.6) is 0 Å². The number of hydrogen-bond donors (Lipinski definition) is 1. The summed E-state index contributed by atoms with van der Waals surface area (Å²) < 4.78 is 60.7. The van der Waals surface area contributed by atoms with E-state index in [0.29, 0.717) is 15.4 Å². The van der Waals surface area contributed by atoms with Crippen LogP contribution in [0, 0.1) is 0 Å². The molecule has 20 heavy (non-hydrogen) atoms. The Kier molecular flexibility index (Phi) is 3.41. The monoisotopic (exact) mass is 309 g/mol. The Morgan fingerprint density at radius 2 is 2.00 bits per heavy atom. The van der Waals surface area contributed by atoms with Crippen LogP contribution >= 0.6 is 0 Å². The lowest BCUT2D eigenvalue weighted by atomic mass is 10.1. The molecule has 110 valence electrons. The van der Waals surface area contributed by atoms with Gasteiger partial charge in [0.05, 0.1) is 12.1 Å². The third-order valence-electron chi connectivity index (χ3n) is 2.93. The molecule has 1 aliphatic heterocycles. The average molecular weight is 309 g/mol. The van der Waals surface area contributed by atoms with Gasteiger partial charge < -0.3 is 5.11 Å². The van der Waals surface area contributed by atoms with Crippen molar-refractivity contribution in [1.29, 1.82) is 0 Å². The van der Waals surface area contributed by atoms with Crippen LogP contribution in [0.4, 0.5) is 18.9 Å². The predicted molar refractivity (Wildman–Crippen MR) is 63.8 cm³/mol. The second-order valence-corrected chi connectivity index (χ2v) is 6.16. The zero-order valence-corrected chi connectivity index (χ0v) is 10.8. The number of aliphatic carboxylic acids is 1. The number of carboxylic acids is 1. The summed E-state index contributed by atoms with van der Waals surface area (Å²) in [6.07, 6.45) is -0.141. The number of benzene rings is 1. The summed E-state index contributed by atoms with van der Waals surface area (Å²) in [5.41, 5.74) is -4.58. The number of carbonyl (C=O) groups is 1. The quantitative estimate of drug-likeness (QED) is 0.919. The molecule has 0 saturated heterocycles. The van der Waals surface area contributed by atoms with Crippen LogP contribution in [0.25, 0.3) is 0 Å². The number of anilines is 1. The SMILES string of the molecule is O=C(O)Cc1ccc2c(c1)CCN2S(=O)(=O)C(F)(F)F.